The first-order valence-corrected chi connectivity index (χ1v) is 5.52. The van der Waals surface area contributed by atoms with Crippen LogP contribution in [-0.4, -0.2) is 18.0 Å². The van der Waals surface area contributed by atoms with Crippen molar-refractivity contribution >= 4 is 23.7 Å². The van der Waals surface area contributed by atoms with Crippen molar-refractivity contribution in [1.82, 2.24) is 0 Å². The Balaban J connectivity index is 2.29. The van der Waals surface area contributed by atoms with Gasteiger partial charge in [-0.1, -0.05) is 18.2 Å². The van der Waals surface area contributed by atoms with E-state index in [4.69, 9.17) is 0 Å². The average Bonchev–Trinajstić information content (AvgIpc) is 2.30. The van der Waals surface area contributed by atoms with Gasteiger partial charge in [0.15, 0.2) is 0 Å². The van der Waals surface area contributed by atoms with Crippen molar-refractivity contribution in [2.75, 3.05) is 5.32 Å². The predicted molar refractivity (Wildman–Crippen MR) is 64.6 cm³/mol. The van der Waals surface area contributed by atoms with Crippen LogP contribution in [0, 0.1) is 0 Å². The van der Waals surface area contributed by atoms with Crippen molar-refractivity contribution < 1.29 is 14.4 Å². The Hall–Kier alpha value is -1.97. The van der Waals surface area contributed by atoms with Gasteiger partial charge in [-0.3, -0.25) is 9.59 Å². The van der Waals surface area contributed by atoms with Crippen LogP contribution in [0.3, 0.4) is 0 Å². The fraction of sp³-hybridized carbons (Fsp3) is 0.308. The fourth-order valence-corrected chi connectivity index (χ4v) is 1.38. The summed E-state index contributed by atoms with van der Waals surface area (Å²) >= 11 is 0. The Bertz CT molecular complexity index is 387. The number of carbonyl (C=O) groups is 3. The summed E-state index contributed by atoms with van der Waals surface area (Å²) in [7, 11) is 0. The number of hydrogen-bond donors (Lipinski definition) is 1. The number of anilines is 1. The van der Waals surface area contributed by atoms with Gasteiger partial charge in [0, 0.05) is 18.5 Å². The van der Waals surface area contributed by atoms with Gasteiger partial charge in [0.25, 0.3) is 0 Å². The van der Waals surface area contributed by atoms with E-state index in [2.05, 4.69) is 5.32 Å². The Kier molecular flexibility index (Phi) is 5.64. The number of carbonyl (C=O) groups excluding carboxylic acids is 3. The molecule has 0 aliphatic carbocycles. The summed E-state index contributed by atoms with van der Waals surface area (Å²) in [6.07, 6.45) is 1.80. The van der Waals surface area contributed by atoms with Gasteiger partial charge < -0.3 is 10.1 Å². The van der Waals surface area contributed by atoms with E-state index >= 15 is 0 Å². The Morgan fingerprint density at radius 2 is 1.88 bits per heavy atom. The van der Waals surface area contributed by atoms with Crippen molar-refractivity contribution in [3.8, 4) is 0 Å². The zero-order valence-corrected chi connectivity index (χ0v) is 9.52. The van der Waals surface area contributed by atoms with Crippen LogP contribution in [0.1, 0.15) is 25.7 Å². The second-order valence-electron chi connectivity index (χ2n) is 3.69. The lowest BCUT2D eigenvalue weighted by Crippen LogP contribution is -2.16. The molecular weight excluding hydrogens is 218 g/mol. The van der Waals surface area contributed by atoms with Gasteiger partial charge in [0.1, 0.15) is 12.1 Å². The van der Waals surface area contributed by atoms with Crippen molar-refractivity contribution in [3.05, 3.63) is 30.3 Å². The van der Waals surface area contributed by atoms with Gasteiger partial charge in [-0.15, -0.1) is 0 Å². The predicted octanol–water partition coefficient (Wildman–Crippen LogP) is 1.95. The van der Waals surface area contributed by atoms with Crippen LogP contribution in [0.2, 0.25) is 0 Å². The summed E-state index contributed by atoms with van der Waals surface area (Å²) in [5.41, 5.74) is 0.679. The normalized spacial score (nSPS) is 9.65. The molecule has 0 heterocycles. The molecule has 1 rings (SSSR count). The van der Waals surface area contributed by atoms with E-state index in [1.165, 1.54) is 0 Å². The quantitative estimate of drug-likeness (QED) is 0.445. The second kappa shape index (κ2) is 7.33. The van der Waals surface area contributed by atoms with E-state index in [0.29, 0.717) is 18.5 Å². The molecule has 4 heteroatoms. The van der Waals surface area contributed by atoms with Crippen LogP contribution in [0.15, 0.2) is 30.3 Å². The minimum Gasteiger partial charge on any atom is -0.326 e. The van der Waals surface area contributed by atoms with E-state index in [-0.39, 0.29) is 24.5 Å². The molecule has 1 amide bonds. The lowest BCUT2D eigenvalue weighted by atomic mass is 10.1. The highest BCUT2D eigenvalue weighted by molar-refractivity contribution is 6.04. The molecule has 17 heavy (non-hydrogen) atoms. The van der Waals surface area contributed by atoms with Crippen molar-refractivity contribution in [2.24, 2.45) is 0 Å². The van der Waals surface area contributed by atoms with E-state index in [0.717, 1.165) is 6.29 Å². The fourth-order valence-electron chi connectivity index (χ4n) is 1.38. The number of hydrogen-bond acceptors (Lipinski definition) is 3. The standard InChI is InChI=1S/C13H15NO3/c15-9-5-4-8-12(16)10-13(17)14-11-6-2-1-3-7-11/h1-3,6-7,9H,4-5,8,10H2,(H,14,17). The molecule has 0 atom stereocenters. The molecule has 1 N–H and O–H groups in total. The molecule has 90 valence electrons. The van der Waals surface area contributed by atoms with Gasteiger partial charge in [0.05, 0.1) is 6.42 Å². The summed E-state index contributed by atoms with van der Waals surface area (Å²) in [5.74, 6) is -0.451. The van der Waals surface area contributed by atoms with E-state index in [1.54, 1.807) is 12.1 Å². The Labute approximate surface area is 100 Å². The van der Waals surface area contributed by atoms with Gasteiger partial charge in [-0.25, -0.2) is 0 Å². The Morgan fingerprint density at radius 1 is 1.18 bits per heavy atom. The van der Waals surface area contributed by atoms with Crippen molar-refractivity contribution in [2.45, 2.75) is 25.7 Å². The number of amides is 1. The number of unbranched alkanes of at least 4 members (excludes halogenated alkanes) is 1. The smallest absolute Gasteiger partial charge is 0.231 e. The number of ketones is 1. The molecule has 0 aliphatic rings. The van der Waals surface area contributed by atoms with Gasteiger partial charge >= 0.3 is 0 Å². The van der Waals surface area contributed by atoms with Gasteiger partial charge in [-0.05, 0) is 18.6 Å². The first-order chi connectivity index (χ1) is 8.22. The van der Waals surface area contributed by atoms with E-state index in [9.17, 15) is 14.4 Å². The monoisotopic (exact) mass is 233 g/mol. The molecule has 1 aromatic carbocycles. The third-order valence-electron chi connectivity index (χ3n) is 2.19. The third-order valence-corrected chi connectivity index (χ3v) is 2.19. The van der Waals surface area contributed by atoms with Crippen molar-refractivity contribution in [1.29, 1.82) is 0 Å². The third kappa shape index (κ3) is 5.61. The molecule has 0 radical (unpaired) electrons. The van der Waals surface area contributed by atoms with Crippen LogP contribution in [0.5, 0.6) is 0 Å². The number of aldehydes is 1. The lowest BCUT2D eigenvalue weighted by molar-refractivity contribution is -0.125. The van der Waals surface area contributed by atoms with Crippen LogP contribution in [0.4, 0.5) is 5.69 Å². The number of Topliss-reactive ketones (excluding diaryl/α,β-unsaturated/α-hetero) is 1. The number of benzene rings is 1. The van der Waals surface area contributed by atoms with E-state index < -0.39 is 0 Å². The van der Waals surface area contributed by atoms with Crippen LogP contribution < -0.4 is 5.32 Å². The highest BCUT2D eigenvalue weighted by atomic mass is 16.2. The molecule has 0 saturated heterocycles. The van der Waals surface area contributed by atoms with Crippen molar-refractivity contribution in [3.63, 3.8) is 0 Å². The molecule has 0 aromatic heterocycles. The summed E-state index contributed by atoms with van der Waals surface area (Å²) in [4.78, 5) is 32.9. The maximum absolute atomic E-state index is 11.5. The molecule has 0 fully saturated rings. The molecule has 0 saturated carbocycles. The number of rotatable bonds is 7. The molecule has 0 spiro atoms. The summed E-state index contributed by atoms with van der Waals surface area (Å²) in [5, 5.41) is 2.63. The summed E-state index contributed by atoms with van der Waals surface area (Å²) in [6, 6.07) is 8.98. The molecule has 1 aromatic rings. The zero-order chi connectivity index (χ0) is 12.5. The topological polar surface area (TPSA) is 63.2 Å². The summed E-state index contributed by atoms with van der Waals surface area (Å²) in [6.45, 7) is 0. The molecule has 4 nitrogen and oxygen atoms in total. The minimum atomic E-state index is -0.313. The zero-order valence-electron chi connectivity index (χ0n) is 9.52. The average molecular weight is 233 g/mol. The van der Waals surface area contributed by atoms with Crippen LogP contribution >= 0.6 is 0 Å². The maximum Gasteiger partial charge on any atom is 0.231 e. The number of para-hydroxylation sites is 1. The molecule has 0 aliphatic heterocycles. The first-order valence-electron chi connectivity index (χ1n) is 5.52. The van der Waals surface area contributed by atoms with Gasteiger partial charge in [0.2, 0.25) is 5.91 Å². The minimum absolute atomic E-state index is 0.131. The van der Waals surface area contributed by atoms with Crippen LogP contribution in [-0.2, 0) is 14.4 Å². The molecule has 0 bridgehead atoms. The largest absolute Gasteiger partial charge is 0.326 e. The maximum atomic E-state index is 11.5. The highest BCUT2D eigenvalue weighted by Crippen LogP contribution is 2.06. The van der Waals surface area contributed by atoms with Gasteiger partial charge in [-0.2, -0.15) is 0 Å². The number of nitrogens with one attached hydrogen (secondary N) is 1. The first kappa shape index (κ1) is 13.1. The molecular formula is C13H15NO3. The van der Waals surface area contributed by atoms with E-state index in [1.807, 2.05) is 18.2 Å². The molecule has 0 unspecified atom stereocenters. The van der Waals surface area contributed by atoms with Crippen LogP contribution in [0.25, 0.3) is 0 Å². The second-order valence-corrected chi connectivity index (χ2v) is 3.69. The Morgan fingerprint density at radius 3 is 2.53 bits per heavy atom. The summed E-state index contributed by atoms with van der Waals surface area (Å²) < 4.78 is 0. The lowest BCUT2D eigenvalue weighted by Gasteiger charge is -2.03. The highest BCUT2D eigenvalue weighted by Gasteiger charge is 2.09. The SMILES string of the molecule is O=CCCCC(=O)CC(=O)Nc1ccccc1.